The first-order valence-electron chi connectivity index (χ1n) is 5.96. The zero-order chi connectivity index (χ0) is 13.4. The van der Waals surface area contributed by atoms with E-state index in [-0.39, 0.29) is 6.04 Å². The molecule has 0 heterocycles. The summed E-state index contributed by atoms with van der Waals surface area (Å²) in [6.45, 7) is 12.2. The van der Waals surface area contributed by atoms with Crippen LogP contribution in [0.1, 0.15) is 47.7 Å². The van der Waals surface area contributed by atoms with Gasteiger partial charge in [0.05, 0.1) is 11.5 Å². The summed E-state index contributed by atoms with van der Waals surface area (Å²) in [6.07, 6.45) is 0. The average Bonchev–Trinajstić information content (AvgIpc) is 2.26. The number of hydrogen-bond donors (Lipinski definition) is 1. The Morgan fingerprint density at radius 1 is 1.12 bits per heavy atom. The van der Waals surface area contributed by atoms with Gasteiger partial charge in [0.15, 0.2) is 0 Å². The lowest BCUT2D eigenvalue weighted by Crippen LogP contribution is -2.29. The van der Waals surface area contributed by atoms with Gasteiger partial charge in [-0.3, -0.25) is 0 Å². The smallest absolute Gasteiger partial charge is 0.0710 e. The van der Waals surface area contributed by atoms with E-state index in [4.69, 9.17) is 5.73 Å². The minimum atomic E-state index is -0.546. The number of nitrogens with zero attached hydrogens (tertiary/aromatic N) is 1. The third-order valence-electron chi connectivity index (χ3n) is 3.80. The van der Waals surface area contributed by atoms with E-state index in [9.17, 15) is 5.26 Å². The number of benzene rings is 1. The normalized spacial score (nSPS) is 13.3. The van der Waals surface area contributed by atoms with E-state index in [0.29, 0.717) is 0 Å². The molecule has 17 heavy (non-hydrogen) atoms. The Hall–Kier alpha value is -1.33. The van der Waals surface area contributed by atoms with Crippen molar-refractivity contribution in [2.75, 3.05) is 0 Å². The Morgan fingerprint density at radius 2 is 1.53 bits per heavy atom. The second-order valence-electron chi connectivity index (χ2n) is 5.49. The van der Waals surface area contributed by atoms with Crippen LogP contribution in [0, 0.1) is 44.4 Å². The maximum atomic E-state index is 9.22. The summed E-state index contributed by atoms with van der Waals surface area (Å²) in [6, 6.07) is 4.24. The van der Waals surface area contributed by atoms with Gasteiger partial charge in [-0.1, -0.05) is 6.07 Å². The number of rotatable bonds is 2. The lowest BCUT2D eigenvalue weighted by atomic mass is 9.78. The number of nitrogens with two attached hydrogens (primary N) is 1. The van der Waals surface area contributed by atoms with Gasteiger partial charge < -0.3 is 5.73 Å². The third kappa shape index (κ3) is 2.35. The molecule has 0 amide bonds. The number of aryl methyl sites for hydroxylation is 2. The predicted molar refractivity (Wildman–Crippen MR) is 71.7 cm³/mol. The first-order chi connectivity index (χ1) is 7.72. The highest BCUT2D eigenvalue weighted by Gasteiger charge is 2.30. The largest absolute Gasteiger partial charge is 0.323 e. The summed E-state index contributed by atoms with van der Waals surface area (Å²) in [7, 11) is 0. The van der Waals surface area contributed by atoms with Crippen LogP contribution in [-0.2, 0) is 0 Å². The van der Waals surface area contributed by atoms with Crippen LogP contribution >= 0.6 is 0 Å². The fourth-order valence-electron chi connectivity index (χ4n) is 2.14. The van der Waals surface area contributed by atoms with E-state index < -0.39 is 5.41 Å². The third-order valence-corrected chi connectivity index (χ3v) is 3.80. The van der Waals surface area contributed by atoms with Crippen molar-refractivity contribution in [3.8, 4) is 6.07 Å². The van der Waals surface area contributed by atoms with E-state index in [1.807, 2.05) is 13.8 Å². The summed E-state index contributed by atoms with van der Waals surface area (Å²) >= 11 is 0. The summed E-state index contributed by atoms with van der Waals surface area (Å²) in [5.41, 5.74) is 11.8. The molecule has 2 N–H and O–H groups in total. The fraction of sp³-hybridized carbons (Fsp3) is 0.533. The van der Waals surface area contributed by atoms with E-state index >= 15 is 0 Å². The van der Waals surface area contributed by atoms with Crippen molar-refractivity contribution in [3.05, 3.63) is 33.9 Å². The minimum Gasteiger partial charge on any atom is -0.323 e. The average molecular weight is 230 g/mol. The summed E-state index contributed by atoms with van der Waals surface area (Å²) < 4.78 is 0. The van der Waals surface area contributed by atoms with Crippen molar-refractivity contribution in [2.24, 2.45) is 11.1 Å². The van der Waals surface area contributed by atoms with Crippen LogP contribution in [0.3, 0.4) is 0 Å². The van der Waals surface area contributed by atoms with Crippen LogP contribution in [-0.4, -0.2) is 0 Å². The molecule has 1 aromatic carbocycles. The molecule has 1 atom stereocenters. The maximum Gasteiger partial charge on any atom is 0.0710 e. The molecule has 2 nitrogen and oxygen atoms in total. The second kappa shape index (κ2) is 4.50. The predicted octanol–water partition coefficient (Wildman–Crippen LogP) is 3.47. The molecule has 0 aliphatic carbocycles. The van der Waals surface area contributed by atoms with Crippen molar-refractivity contribution in [1.29, 1.82) is 5.26 Å². The molecule has 1 rings (SSSR count). The molecule has 0 spiro atoms. The van der Waals surface area contributed by atoms with Gasteiger partial charge in [0.25, 0.3) is 0 Å². The molecule has 0 aromatic heterocycles. The molecule has 0 aliphatic heterocycles. The summed E-state index contributed by atoms with van der Waals surface area (Å²) in [4.78, 5) is 0. The Kier molecular flexibility index (Phi) is 3.64. The van der Waals surface area contributed by atoms with E-state index in [0.717, 1.165) is 5.56 Å². The Morgan fingerprint density at radius 3 is 1.88 bits per heavy atom. The van der Waals surface area contributed by atoms with Crippen molar-refractivity contribution in [3.63, 3.8) is 0 Å². The highest BCUT2D eigenvalue weighted by atomic mass is 14.7. The minimum absolute atomic E-state index is 0.244. The van der Waals surface area contributed by atoms with Crippen molar-refractivity contribution < 1.29 is 0 Å². The van der Waals surface area contributed by atoms with E-state index in [1.165, 1.54) is 22.3 Å². The van der Waals surface area contributed by atoms with Gasteiger partial charge in [0.2, 0.25) is 0 Å². The molecule has 1 unspecified atom stereocenters. The topological polar surface area (TPSA) is 49.8 Å². The SMILES string of the molecule is Cc1cc(C)c(C)c(C(N)C(C)(C)C#N)c1C. The molecule has 0 aliphatic rings. The molecule has 0 saturated heterocycles. The first kappa shape index (κ1) is 13.7. The van der Waals surface area contributed by atoms with Gasteiger partial charge in [0, 0.05) is 6.04 Å². The standard InChI is InChI=1S/C15H22N2/c1-9-7-10(2)12(4)13(11(9)3)14(17)15(5,6)8-16/h7,14H,17H2,1-6H3. The van der Waals surface area contributed by atoms with Gasteiger partial charge in [-0.25, -0.2) is 0 Å². The van der Waals surface area contributed by atoms with E-state index in [1.54, 1.807) is 0 Å². The summed E-state index contributed by atoms with van der Waals surface area (Å²) in [5, 5.41) is 9.22. The zero-order valence-corrected chi connectivity index (χ0v) is 11.7. The Labute approximate surface area is 104 Å². The molecule has 0 radical (unpaired) electrons. The quantitative estimate of drug-likeness (QED) is 0.845. The fourth-order valence-corrected chi connectivity index (χ4v) is 2.14. The highest BCUT2D eigenvalue weighted by molar-refractivity contribution is 5.46. The first-order valence-corrected chi connectivity index (χ1v) is 5.96. The van der Waals surface area contributed by atoms with Crippen molar-refractivity contribution in [1.82, 2.24) is 0 Å². The molecule has 0 bridgehead atoms. The van der Waals surface area contributed by atoms with Gasteiger partial charge >= 0.3 is 0 Å². The van der Waals surface area contributed by atoms with Crippen LogP contribution in [0.25, 0.3) is 0 Å². The van der Waals surface area contributed by atoms with E-state index in [2.05, 4.69) is 39.8 Å². The van der Waals surface area contributed by atoms with Gasteiger partial charge in [-0.05, 0) is 69.4 Å². The maximum absolute atomic E-state index is 9.22. The number of hydrogen-bond acceptors (Lipinski definition) is 2. The van der Waals surface area contributed by atoms with Crippen LogP contribution in [0.5, 0.6) is 0 Å². The molecule has 2 heteroatoms. The van der Waals surface area contributed by atoms with Gasteiger partial charge in [-0.15, -0.1) is 0 Å². The molecular weight excluding hydrogens is 208 g/mol. The van der Waals surface area contributed by atoms with Crippen molar-refractivity contribution >= 4 is 0 Å². The van der Waals surface area contributed by atoms with Crippen LogP contribution in [0.4, 0.5) is 0 Å². The van der Waals surface area contributed by atoms with Crippen LogP contribution in [0.2, 0.25) is 0 Å². The highest BCUT2D eigenvalue weighted by Crippen LogP contribution is 2.36. The van der Waals surface area contributed by atoms with Gasteiger partial charge in [0.1, 0.15) is 0 Å². The Bertz CT molecular complexity index is 452. The van der Waals surface area contributed by atoms with Crippen molar-refractivity contribution in [2.45, 2.75) is 47.6 Å². The molecule has 92 valence electrons. The van der Waals surface area contributed by atoms with Crippen LogP contribution < -0.4 is 5.73 Å². The lowest BCUT2D eigenvalue weighted by Gasteiger charge is -2.29. The zero-order valence-electron chi connectivity index (χ0n) is 11.7. The molecule has 1 aromatic rings. The molecule has 0 saturated carbocycles. The van der Waals surface area contributed by atoms with Crippen LogP contribution in [0.15, 0.2) is 6.07 Å². The lowest BCUT2D eigenvalue weighted by molar-refractivity contribution is 0.391. The van der Waals surface area contributed by atoms with Gasteiger partial charge in [-0.2, -0.15) is 5.26 Å². The summed E-state index contributed by atoms with van der Waals surface area (Å²) in [5.74, 6) is 0. The molecular formula is C15H22N2. The molecule has 0 fully saturated rings. The monoisotopic (exact) mass is 230 g/mol. The number of nitriles is 1. The second-order valence-corrected chi connectivity index (χ2v) is 5.49. The Balaban J connectivity index is 3.47.